The molecule has 12 aromatic carbocycles. The Labute approximate surface area is 434 Å². The van der Waals surface area contributed by atoms with Crippen molar-refractivity contribution in [3.8, 4) is 78.4 Å². The molecule has 2 aliphatic carbocycles. The van der Waals surface area contributed by atoms with Crippen LogP contribution in [0.25, 0.3) is 133 Å². The Bertz CT molecular complexity index is 4550. The summed E-state index contributed by atoms with van der Waals surface area (Å²) in [6.45, 7) is 0. The minimum Gasteiger partial charge on any atom is -0.327 e. The van der Waals surface area contributed by atoms with Gasteiger partial charge in [-0.05, 0) is 141 Å². The zero-order valence-corrected chi connectivity index (χ0v) is 41.4. The number of aryl methyl sites for hydroxylation is 2. The summed E-state index contributed by atoms with van der Waals surface area (Å²) >= 11 is 0. The Kier molecular flexibility index (Phi) is 8.77. The molecule has 16 rings (SSSR count). The molecule has 0 radical (unpaired) electrons. The van der Waals surface area contributed by atoms with E-state index < -0.39 is 5.41 Å². The van der Waals surface area contributed by atoms with Crippen LogP contribution >= 0.6 is 0 Å². The van der Waals surface area contributed by atoms with E-state index in [2.05, 4.69) is 266 Å². The number of rotatable bonds is 5. The number of benzene rings is 12. The Hall–Kier alpha value is -9.64. The van der Waals surface area contributed by atoms with Gasteiger partial charge in [-0.3, -0.25) is 0 Å². The third-order valence-electron chi connectivity index (χ3n) is 16.8. The van der Waals surface area contributed by atoms with Gasteiger partial charge in [0.15, 0.2) is 0 Å². The van der Waals surface area contributed by atoms with Crippen LogP contribution in [0.4, 0.5) is 0 Å². The highest BCUT2D eigenvalue weighted by Gasteiger charge is 2.52. The highest BCUT2D eigenvalue weighted by molar-refractivity contribution is 6.21. The zero-order chi connectivity index (χ0) is 49.5. The summed E-state index contributed by atoms with van der Waals surface area (Å²) in [7, 11) is 4.27. The summed E-state index contributed by atoms with van der Waals surface area (Å²) in [5.41, 5.74) is 23.5. The monoisotopic (exact) mass is 954 g/mol. The second-order valence-electron chi connectivity index (χ2n) is 20.5. The van der Waals surface area contributed by atoms with Gasteiger partial charge in [-0.15, -0.1) is 0 Å². The Morgan fingerprint density at radius 3 is 1.35 bits per heavy atom. The topological polar surface area (TPSA) is 35.6 Å². The van der Waals surface area contributed by atoms with Gasteiger partial charge in [-0.25, -0.2) is 9.97 Å². The van der Waals surface area contributed by atoms with Gasteiger partial charge in [0.05, 0.1) is 27.5 Å². The van der Waals surface area contributed by atoms with Crippen LogP contribution in [-0.4, -0.2) is 19.1 Å². The molecule has 0 fully saturated rings. The van der Waals surface area contributed by atoms with Crippen molar-refractivity contribution in [1.29, 1.82) is 0 Å². The second-order valence-corrected chi connectivity index (χ2v) is 20.5. The molecule has 0 bridgehead atoms. The van der Waals surface area contributed by atoms with Gasteiger partial charge in [0.2, 0.25) is 0 Å². The number of hydrogen-bond donors (Lipinski definition) is 0. The van der Waals surface area contributed by atoms with Gasteiger partial charge in [0.1, 0.15) is 11.6 Å². The van der Waals surface area contributed by atoms with Crippen LogP contribution in [0.3, 0.4) is 0 Å². The first kappa shape index (κ1) is 41.9. The summed E-state index contributed by atoms with van der Waals surface area (Å²) in [4.78, 5) is 10.3. The number of nitrogens with zero attached hydrogens (tertiary/aromatic N) is 4. The SMILES string of the molecule is Cn1c(-c2ccccc2)nc2ccc(-c3cccc4c(-c5cccc6c5-c5ccccc5C65c6ccccc6-c6c5ccc5ccccc65)c5cccc(-c6ccc7nc(-c8ccccc8)n(C)c7c6)c5cc34)cc21. The van der Waals surface area contributed by atoms with E-state index in [0.717, 1.165) is 56.0 Å². The average Bonchev–Trinajstić information content (AvgIpc) is 4.38. The van der Waals surface area contributed by atoms with Crippen LogP contribution in [0, 0.1) is 0 Å². The van der Waals surface area contributed by atoms with Crippen LogP contribution in [0.1, 0.15) is 22.3 Å². The van der Waals surface area contributed by atoms with Gasteiger partial charge in [0, 0.05) is 25.2 Å². The molecule has 2 aromatic heterocycles. The third kappa shape index (κ3) is 5.77. The van der Waals surface area contributed by atoms with E-state index in [1.165, 1.54) is 99.1 Å². The fraction of sp³-hybridized carbons (Fsp3) is 0.0423. The maximum absolute atomic E-state index is 5.15. The molecule has 2 heterocycles. The summed E-state index contributed by atoms with van der Waals surface area (Å²) in [5.74, 6) is 1.91. The van der Waals surface area contributed by atoms with Crippen molar-refractivity contribution in [2.75, 3.05) is 0 Å². The predicted octanol–water partition coefficient (Wildman–Crippen LogP) is 17.6. The lowest BCUT2D eigenvalue weighted by atomic mass is 9.70. The highest BCUT2D eigenvalue weighted by atomic mass is 15.1. The second kappa shape index (κ2) is 15.7. The van der Waals surface area contributed by atoms with Crippen LogP contribution in [-0.2, 0) is 19.5 Å². The Morgan fingerprint density at radius 1 is 0.293 bits per heavy atom. The molecule has 1 unspecified atom stereocenters. The lowest BCUT2D eigenvalue weighted by Gasteiger charge is -2.30. The van der Waals surface area contributed by atoms with Gasteiger partial charge in [0.25, 0.3) is 0 Å². The molecule has 75 heavy (non-hydrogen) atoms. The van der Waals surface area contributed by atoms with Crippen molar-refractivity contribution >= 4 is 54.4 Å². The van der Waals surface area contributed by atoms with E-state index >= 15 is 0 Å². The van der Waals surface area contributed by atoms with E-state index in [1.54, 1.807) is 0 Å². The molecule has 0 saturated carbocycles. The molecule has 0 amide bonds. The van der Waals surface area contributed by atoms with E-state index in [9.17, 15) is 0 Å². The molecular formula is C71H46N4. The van der Waals surface area contributed by atoms with Crippen molar-refractivity contribution in [2.24, 2.45) is 14.1 Å². The normalized spacial score (nSPS) is 14.3. The van der Waals surface area contributed by atoms with Crippen molar-refractivity contribution < 1.29 is 0 Å². The van der Waals surface area contributed by atoms with Crippen LogP contribution in [0.5, 0.6) is 0 Å². The van der Waals surface area contributed by atoms with Crippen molar-refractivity contribution in [1.82, 2.24) is 19.1 Å². The average molecular weight is 955 g/mol. The predicted molar refractivity (Wildman–Crippen MR) is 311 cm³/mol. The number of imidazole rings is 2. The fourth-order valence-electron chi connectivity index (χ4n) is 13.5. The van der Waals surface area contributed by atoms with Gasteiger partial charge < -0.3 is 9.13 Å². The van der Waals surface area contributed by atoms with Crippen LogP contribution in [0.2, 0.25) is 0 Å². The van der Waals surface area contributed by atoms with Gasteiger partial charge in [-0.2, -0.15) is 0 Å². The third-order valence-corrected chi connectivity index (χ3v) is 16.8. The Balaban J connectivity index is 0.991. The first-order chi connectivity index (χ1) is 37.0. The molecular weight excluding hydrogens is 909 g/mol. The van der Waals surface area contributed by atoms with E-state index in [-0.39, 0.29) is 0 Å². The molecule has 4 heteroatoms. The number of aromatic nitrogens is 4. The van der Waals surface area contributed by atoms with Crippen LogP contribution < -0.4 is 0 Å². The molecule has 350 valence electrons. The Morgan fingerprint density at radius 2 is 0.747 bits per heavy atom. The van der Waals surface area contributed by atoms with Gasteiger partial charge >= 0.3 is 0 Å². The molecule has 0 aliphatic heterocycles. The maximum atomic E-state index is 5.15. The van der Waals surface area contributed by atoms with E-state index in [1.807, 2.05) is 0 Å². The van der Waals surface area contributed by atoms with Crippen molar-refractivity contribution in [2.45, 2.75) is 5.41 Å². The summed E-state index contributed by atoms with van der Waals surface area (Å²) < 4.78 is 4.47. The first-order valence-electron chi connectivity index (χ1n) is 25.9. The van der Waals surface area contributed by atoms with Crippen molar-refractivity contribution in [3.05, 3.63) is 265 Å². The van der Waals surface area contributed by atoms with Crippen molar-refractivity contribution in [3.63, 3.8) is 0 Å². The molecule has 0 saturated heterocycles. The molecule has 1 atom stereocenters. The number of hydrogen-bond acceptors (Lipinski definition) is 2. The molecule has 2 aliphatic rings. The van der Waals surface area contributed by atoms with E-state index in [0.29, 0.717) is 0 Å². The fourth-order valence-corrected chi connectivity index (χ4v) is 13.5. The molecule has 14 aromatic rings. The lowest BCUT2D eigenvalue weighted by molar-refractivity contribution is 0.794. The standard InChI is InChI=1S/C71H46N4/c1-74-64-40-46(35-38-62(64)72-69(74)44-19-5-3-6-20-44)48-26-15-28-51-56(48)42-57-49(47-36-39-63-65(41-47)75(2)70(73-63)45-21-7-4-8-22-45)27-16-29-52(57)66(51)55-30-17-33-60-68(55)54-25-12-14-32-59(54)71(60)58-31-13-11-24-53(58)67-50-23-10-9-18-43(50)34-37-61(67)71/h3-42H,1-2H3. The molecule has 0 N–H and O–H groups in total. The lowest BCUT2D eigenvalue weighted by Crippen LogP contribution is -2.25. The smallest absolute Gasteiger partial charge is 0.140 e. The molecule has 4 nitrogen and oxygen atoms in total. The number of fused-ring (bicyclic) bond motifs is 16. The quantitative estimate of drug-likeness (QED) is 0.161. The summed E-state index contributed by atoms with van der Waals surface area (Å²) in [5, 5.41) is 7.38. The van der Waals surface area contributed by atoms with Gasteiger partial charge in [-0.1, -0.05) is 212 Å². The molecule has 1 spiro atoms. The largest absolute Gasteiger partial charge is 0.327 e. The maximum Gasteiger partial charge on any atom is 0.140 e. The minimum atomic E-state index is -0.511. The van der Waals surface area contributed by atoms with E-state index in [4.69, 9.17) is 9.97 Å². The summed E-state index contributed by atoms with van der Waals surface area (Å²) in [6, 6.07) is 90.1. The highest BCUT2D eigenvalue weighted by Crippen LogP contribution is 2.65. The van der Waals surface area contributed by atoms with Crippen LogP contribution in [0.15, 0.2) is 243 Å². The minimum absolute atomic E-state index is 0.511. The zero-order valence-electron chi connectivity index (χ0n) is 41.4. The summed E-state index contributed by atoms with van der Waals surface area (Å²) in [6.07, 6.45) is 0. The first-order valence-corrected chi connectivity index (χ1v) is 25.9.